The molecule has 1 aromatic rings. The van der Waals surface area contributed by atoms with Crippen LogP contribution in [0.4, 0.5) is 13.6 Å². The van der Waals surface area contributed by atoms with E-state index < -0.39 is 23.8 Å². The highest BCUT2D eigenvalue weighted by molar-refractivity contribution is 7.80. The average molecular weight is 300 g/mol. The van der Waals surface area contributed by atoms with Gasteiger partial charge >= 0.3 is 6.09 Å². The zero-order chi connectivity index (χ0) is 14.7. The fraction of sp³-hybridized carbons (Fsp3) is 0.385. The van der Waals surface area contributed by atoms with Crippen LogP contribution in [-0.2, 0) is 0 Å². The fourth-order valence-electron chi connectivity index (χ4n) is 2.34. The minimum atomic E-state index is -1.16. The normalized spacial score (nSPS) is 22.8. The molecule has 0 saturated carbocycles. The van der Waals surface area contributed by atoms with Crippen LogP contribution in [0.1, 0.15) is 24.3 Å². The van der Waals surface area contributed by atoms with Gasteiger partial charge < -0.3 is 15.7 Å². The molecule has 108 valence electrons. The smallest absolute Gasteiger partial charge is 0.405 e. The first kappa shape index (κ1) is 14.6. The summed E-state index contributed by atoms with van der Waals surface area (Å²) < 4.78 is 27.0. The van der Waals surface area contributed by atoms with Crippen molar-refractivity contribution >= 4 is 23.3 Å². The van der Waals surface area contributed by atoms with Crippen molar-refractivity contribution in [2.24, 2.45) is 0 Å². The van der Waals surface area contributed by atoms with Crippen molar-refractivity contribution in [3.05, 3.63) is 35.4 Å². The zero-order valence-corrected chi connectivity index (χ0v) is 11.3. The highest BCUT2D eigenvalue weighted by Crippen LogP contribution is 2.27. The molecule has 1 aliphatic rings. The molecule has 3 N–H and O–H groups in total. The number of hydrogen-bond donors (Lipinski definition) is 3. The molecule has 1 fully saturated rings. The minimum Gasteiger partial charge on any atom is -0.465 e. The molecule has 1 aliphatic heterocycles. The van der Waals surface area contributed by atoms with Crippen molar-refractivity contribution in [3.8, 4) is 0 Å². The molecule has 4 nitrogen and oxygen atoms in total. The number of carbonyl (C=O) groups is 1. The van der Waals surface area contributed by atoms with Crippen LogP contribution in [0.2, 0.25) is 0 Å². The van der Waals surface area contributed by atoms with Gasteiger partial charge in [-0.15, -0.1) is 0 Å². The first-order chi connectivity index (χ1) is 9.49. The van der Waals surface area contributed by atoms with Gasteiger partial charge in [-0.1, -0.05) is 24.4 Å². The maximum absolute atomic E-state index is 13.8. The Hall–Kier alpha value is -1.76. The van der Waals surface area contributed by atoms with Gasteiger partial charge in [0.1, 0.15) is 0 Å². The van der Waals surface area contributed by atoms with E-state index in [1.807, 2.05) is 0 Å². The van der Waals surface area contributed by atoms with Crippen LogP contribution in [0.3, 0.4) is 0 Å². The summed E-state index contributed by atoms with van der Waals surface area (Å²) in [6, 6.07) is 3.58. The van der Waals surface area contributed by atoms with Crippen molar-refractivity contribution in [1.82, 2.24) is 10.6 Å². The number of hydrogen-bond acceptors (Lipinski definition) is 2. The Morgan fingerprint density at radius 1 is 1.40 bits per heavy atom. The van der Waals surface area contributed by atoms with Gasteiger partial charge in [0, 0.05) is 12.5 Å². The molecule has 1 aromatic carbocycles. The predicted molar refractivity (Wildman–Crippen MR) is 73.9 cm³/mol. The molecule has 1 amide bonds. The van der Waals surface area contributed by atoms with Gasteiger partial charge in [-0.3, -0.25) is 0 Å². The lowest BCUT2D eigenvalue weighted by atomic mass is 9.93. The number of carboxylic acid groups (broad SMARTS) is 1. The molecule has 0 aliphatic carbocycles. The Bertz CT molecular complexity index is 539. The Morgan fingerprint density at radius 3 is 2.85 bits per heavy atom. The lowest BCUT2D eigenvalue weighted by Crippen LogP contribution is -2.43. The summed E-state index contributed by atoms with van der Waals surface area (Å²) in [7, 11) is 0. The monoisotopic (exact) mass is 300 g/mol. The van der Waals surface area contributed by atoms with Gasteiger partial charge in [-0.05, 0) is 24.5 Å². The Kier molecular flexibility index (Phi) is 4.49. The molecule has 2 rings (SSSR count). The Morgan fingerprint density at radius 2 is 2.15 bits per heavy atom. The first-order valence-corrected chi connectivity index (χ1v) is 6.61. The Labute approximate surface area is 120 Å². The molecular weight excluding hydrogens is 286 g/mol. The summed E-state index contributed by atoms with van der Waals surface area (Å²) in [4.78, 5) is 11.0. The summed E-state index contributed by atoms with van der Waals surface area (Å²) in [6.45, 7) is 0.358. The van der Waals surface area contributed by atoms with Crippen molar-refractivity contribution < 1.29 is 18.7 Å². The second-order valence-corrected chi connectivity index (χ2v) is 5.10. The summed E-state index contributed by atoms with van der Waals surface area (Å²) in [6.07, 6.45) is -0.202. The summed E-state index contributed by atoms with van der Waals surface area (Å²) in [5.41, 5.74) is 0.288. The van der Waals surface area contributed by atoms with Crippen LogP contribution in [-0.4, -0.2) is 28.8 Å². The Balaban J connectivity index is 2.14. The van der Waals surface area contributed by atoms with E-state index in [4.69, 9.17) is 17.3 Å². The number of rotatable bonds is 2. The molecule has 0 bridgehead atoms. The van der Waals surface area contributed by atoms with Crippen LogP contribution >= 0.6 is 12.2 Å². The summed E-state index contributed by atoms with van der Waals surface area (Å²) in [5.74, 6) is -1.98. The van der Waals surface area contributed by atoms with E-state index in [2.05, 4.69) is 10.6 Å². The molecule has 20 heavy (non-hydrogen) atoms. The van der Waals surface area contributed by atoms with Gasteiger partial charge in [-0.25, -0.2) is 13.6 Å². The molecule has 0 aromatic heterocycles. The third-order valence-electron chi connectivity index (χ3n) is 3.36. The van der Waals surface area contributed by atoms with Crippen molar-refractivity contribution in [1.29, 1.82) is 0 Å². The van der Waals surface area contributed by atoms with Crippen molar-refractivity contribution in [2.45, 2.75) is 24.8 Å². The molecule has 0 radical (unpaired) electrons. The van der Waals surface area contributed by atoms with Gasteiger partial charge in [0.2, 0.25) is 0 Å². The lowest BCUT2D eigenvalue weighted by Gasteiger charge is -2.15. The van der Waals surface area contributed by atoms with Crippen LogP contribution < -0.4 is 10.6 Å². The molecule has 1 heterocycles. The highest BCUT2D eigenvalue weighted by atomic mass is 32.1. The summed E-state index contributed by atoms with van der Waals surface area (Å²) in [5, 5.41) is 14.0. The van der Waals surface area contributed by atoms with Gasteiger partial charge in [0.05, 0.1) is 11.0 Å². The van der Waals surface area contributed by atoms with Crippen LogP contribution in [0, 0.1) is 11.6 Å². The van der Waals surface area contributed by atoms with Gasteiger partial charge in [-0.2, -0.15) is 0 Å². The van der Waals surface area contributed by atoms with Crippen LogP contribution in [0.5, 0.6) is 0 Å². The highest BCUT2D eigenvalue weighted by Gasteiger charge is 2.26. The molecule has 1 saturated heterocycles. The van der Waals surface area contributed by atoms with Crippen molar-refractivity contribution in [3.63, 3.8) is 0 Å². The second-order valence-electron chi connectivity index (χ2n) is 4.66. The third kappa shape index (κ3) is 3.22. The third-order valence-corrected chi connectivity index (χ3v) is 3.79. The SMILES string of the molecule is O=C(O)N[C@@H]1CC[C@@H](c2cccc(F)c2F)CNC1=S. The van der Waals surface area contributed by atoms with Gasteiger partial charge in [0.25, 0.3) is 0 Å². The molecule has 7 heteroatoms. The van der Waals surface area contributed by atoms with E-state index in [9.17, 15) is 13.6 Å². The van der Waals surface area contributed by atoms with Crippen molar-refractivity contribution in [2.75, 3.05) is 6.54 Å². The van der Waals surface area contributed by atoms with Gasteiger partial charge in [0.15, 0.2) is 11.6 Å². The minimum absolute atomic E-state index is 0.246. The molecular formula is C13H14F2N2O2S. The standard InChI is InChI=1S/C13H14F2N2O2S/c14-9-3-1-2-8(11(9)15)7-4-5-10(17-13(18)19)12(20)16-6-7/h1-3,7,10,17H,4-6H2,(H,16,20)(H,18,19)/t7-,10-/m1/s1. The van der Waals surface area contributed by atoms with E-state index in [0.29, 0.717) is 24.4 Å². The number of benzene rings is 1. The molecule has 2 atom stereocenters. The van der Waals surface area contributed by atoms with E-state index in [0.717, 1.165) is 6.07 Å². The first-order valence-electron chi connectivity index (χ1n) is 6.20. The summed E-state index contributed by atoms with van der Waals surface area (Å²) >= 11 is 5.09. The number of nitrogens with one attached hydrogen (secondary N) is 2. The van der Waals surface area contributed by atoms with E-state index in [1.54, 1.807) is 6.07 Å². The molecule has 0 unspecified atom stereocenters. The number of thiocarbonyl (C=S) groups is 1. The lowest BCUT2D eigenvalue weighted by molar-refractivity contribution is 0.192. The van der Waals surface area contributed by atoms with Crippen LogP contribution in [0.15, 0.2) is 18.2 Å². The van der Waals surface area contributed by atoms with Crippen LogP contribution in [0.25, 0.3) is 0 Å². The largest absolute Gasteiger partial charge is 0.465 e. The van der Waals surface area contributed by atoms with E-state index in [-0.39, 0.29) is 11.5 Å². The maximum atomic E-state index is 13.8. The quantitative estimate of drug-likeness (QED) is 0.734. The van der Waals surface area contributed by atoms with E-state index >= 15 is 0 Å². The predicted octanol–water partition coefficient (Wildman–Crippen LogP) is 2.40. The second kappa shape index (κ2) is 6.13. The fourth-order valence-corrected chi connectivity index (χ4v) is 2.60. The zero-order valence-electron chi connectivity index (χ0n) is 10.5. The van der Waals surface area contributed by atoms with E-state index in [1.165, 1.54) is 6.07 Å². The topological polar surface area (TPSA) is 61.4 Å². The molecule has 0 spiro atoms. The maximum Gasteiger partial charge on any atom is 0.405 e. The number of amides is 1. The average Bonchev–Trinajstić information content (AvgIpc) is 2.56. The number of halogens is 2.